The minimum absolute atomic E-state index is 0.0567. The van der Waals surface area contributed by atoms with Crippen molar-refractivity contribution < 1.29 is 9.18 Å². The van der Waals surface area contributed by atoms with Crippen molar-refractivity contribution in [3.8, 4) is 0 Å². The molecule has 1 aromatic carbocycles. The Kier molecular flexibility index (Phi) is 5.96. The Morgan fingerprint density at radius 1 is 1.29 bits per heavy atom. The number of nitrogen functional groups attached to an aromatic ring is 1. The van der Waals surface area contributed by atoms with E-state index in [2.05, 4.69) is 4.98 Å². The van der Waals surface area contributed by atoms with Gasteiger partial charge in [-0.2, -0.15) is 0 Å². The van der Waals surface area contributed by atoms with Crippen LogP contribution in [-0.4, -0.2) is 21.5 Å². The van der Waals surface area contributed by atoms with Crippen molar-refractivity contribution in [3.63, 3.8) is 0 Å². The second-order valence-corrected chi connectivity index (χ2v) is 7.09. The molecule has 0 aliphatic heterocycles. The van der Waals surface area contributed by atoms with Crippen molar-refractivity contribution in [2.24, 2.45) is 0 Å². The normalized spacial score (nSPS) is 14.4. The van der Waals surface area contributed by atoms with Gasteiger partial charge in [-0.05, 0) is 31.4 Å². The minimum Gasteiger partial charge on any atom is -0.383 e. The van der Waals surface area contributed by atoms with E-state index >= 15 is 0 Å². The highest BCUT2D eigenvalue weighted by Crippen LogP contribution is 2.31. The van der Waals surface area contributed by atoms with E-state index in [0.29, 0.717) is 25.8 Å². The van der Waals surface area contributed by atoms with Gasteiger partial charge in [0.05, 0.1) is 5.56 Å². The SMILES string of the molecule is CCCCn1c(N)c(N(C(=O)c2ccccc2F)C2CCCC2)c(=O)[nH]c1=O. The fourth-order valence-corrected chi connectivity index (χ4v) is 3.73. The third-order valence-corrected chi connectivity index (χ3v) is 5.20. The fourth-order valence-electron chi connectivity index (χ4n) is 3.73. The van der Waals surface area contributed by atoms with Gasteiger partial charge >= 0.3 is 5.69 Å². The first-order valence-corrected chi connectivity index (χ1v) is 9.66. The Morgan fingerprint density at radius 2 is 1.96 bits per heavy atom. The Hall–Kier alpha value is -2.90. The Balaban J connectivity index is 2.16. The third-order valence-electron chi connectivity index (χ3n) is 5.20. The molecule has 0 bridgehead atoms. The standard InChI is InChI=1S/C20H25FN4O3/c1-2-3-12-24-17(22)16(18(26)23-20(24)28)25(13-8-4-5-9-13)19(27)14-10-6-7-11-15(14)21/h6-7,10-11,13H,2-5,8-9,12,22H2,1H3,(H,23,26,28). The summed E-state index contributed by atoms with van der Waals surface area (Å²) in [5, 5.41) is 0. The van der Waals surface area contributed by atoms with Crippen LogP contribution in [0.1, 0.15) is 55.8 Å². The van der Waals surface area contributed by atoms with E-state index in [0.717, 1.165) is 19.3 Å². The molecule has 3 N–H and O–H groups in total. The van der Waals surface area contributed by atoms with Gasteiger partial charge in [0, 0.05) is 12.6 Å². The monoisotopic (exact) mass is 388 g/mol. The average Bonchev–Trinajstić information content (AvgIpc) is 3.19. The smallest absolute Gasteiger partial charge is 0.330 e. The molecule has 1 aliphatic rings. The van der Waals surface area contributed by atoms with Crippen LogP contribution in [0.25, 0.3) is 0 Å². The summed E-state index contributed by atoms with van der Waals surface area (Å²) in [4.78, 5) is 41.7. The summed E-state index contributed by atoms with van der Waals surface area (Å²) in [5.41, 5.74) is 4.67. The van der Waals surface area contributed by atoms with Crippen molar-refractivity contribution in [2.45, 2.75) is 58.0 Å². The van der Waals surface area contributed by atoms with Crippen molar-refractivity contribution in [1.82, 2.24) is 9.55 Å². The summed E-state index contributed by atoms with van der Waals surface area (Å²) in [5.74, 6) is -1.34. The van der Waals surface area contributed by atoms with Crippen LogP contribution in [0.15, 0.2) is 33.9 Å². The van der Waals surface area contributed by atoms with Crippen LogP contribution in [-0.2, 0) is 6.54 Å². The van der Waals surface area contributed by atoms with Crippen LogP contribution >= 0.6 is 0 Å². The van der Waals surface area contributed by atoms with Crippen LogP contribution in [0.5, 0.6) is 0 Å². The molecule has 1 aromatic heterocycles. The van der Waals surface area contributed by atoms with Gasteiger partial charge in [-0.15, -0.1) is 0 Å². The molecular weight excluding hydrogens is 363 g/mol. The zero-order chi connectivity index (χ0) is 20.3. The van der Waals surface area contributed by atoms with E-state index in [1.807, 2.05) is 6.92 Å². The van der Waals surface area contributed by atoms with Gasteiger partial charge in [0.1, 0.15) is 11.6 Å². The molecule has 1 heterocycles. The molecule has 0 spiro atoms. The number of carbonyl (C=O) groups is 1. The van der Waals surface area contributed by atoms with E-state index in [4.69, 9.17) is 5.73 Å². The zero-order valence-electron chi connectivity index (χ0n) is 15.9. The molecule has 0 unspecified atom stereocenters. The molecule has 1 fully saturated rings. The summed E-state index contributed by atoms with van der Waals surface area (Å²) < 4.78 is 15.6. The van der Waals surface area contributed by atoms with E-state index < -0.39 is 23.0 Å². The van der Waals surface area contributed by atoms with E-state index in [1.54, 1.807) is 6.07 Å². The molecule has 0 atom stereocenters. The molecule has 3 rings (SSSR count). The first-order chi connectivity index (χ1) is 13.5. The number of anilines is 2. The molecule has 1 aliphatic carbocycles. The highest BCUT2D eigenvalue weighted by Gasteiger charge is 2.34. The van der Waals surface area contributed by atoms with Crippen molar-refractivity contribution >= 4 is 17.4 Å². The Bertz CT molecular complexity index is 976. The topological polar surface area (TPSA) is 101 Å². The molecule has 2 aromatic rings. The largest absolute Gasteiger partial charge is 0.383 e. The van der Waals surface area contributed by atoms with Gasteiger partial charge in [0.15, 0.2) is 5.69 Å². The predicted octanol–water partition coefficient (Wildman–Crippen LogP) is 2.65. The van der Waals surface area contributed by atoms with Gasteiger partial charge in [0.25, 0.3) is 11.5 Å². The number of amides is 1. The van der Waals surface area contributed by atoms with Crippen LogP contribution in [0.2, 0.25) is 0 Å². The number of hydrogen-bond acceptors (Lipinski definition) is 4. The van der Waals surface area contributed by atoms with Crippen molar-refractivity contribution in [1.29, 1.82) is 0 Å². The van der Waals surface area contributed by atoms with E-state index in [1.165, 1.54) is 27.7 Å². The number of H-pyrrole nitrogens is 1. The van der Waals surface area contributed by atoms with Crippen molar-refractivity contribution in [3.05, 3.63) is 56.5 Å². The zero-order valence-corrected chi connectivity index (χ0v) is 15.9. The van der Waals surface area contributed by atoms with Gasteiger partial charge < -0.3 is 5.73 Å². The molecule has 1 saturated carbocycles. The quantitative estimate of drug-likeness (QED) is 0.794. The Morgan fingerprint density at radius 3 is 2.61 bits per heavy atom. The highest BCUT2D eigenvalue weighted by molar-refractivity contribution is 6.07. The predicted molar refractivity (Wildman–Crippen MR) is 106 cm³/mol. The molecule has 150 valence electrons. The van der Waals surface area contributed by atoms with Crippen LogP contribution < -0.4 is 21.9 Å². The van der Waals surface area contributed by atoms with E-state index in [9.17, 15) is 18.8 Å². The molecule has 7 nitrogen and oxygen atoms in total. The van der Waals surface area contributed by atoms with Crippen molar-refractivity contribution in [2.75, 3.05) is 10.6 Å². The van der Waals surface area contributed by atoms with Crippen LogP contribution in [0.4, 0.5) is 15.9 Å². The summed E-state index contributed by atoms with van der Waals surface area (Å²) in [6.07, 6.45) is 4.71. The maximum Gasteiger partial charge on any atom is 0.330 e. The molecule has 28 heavy (non-hydrogen) atoms. The van der Waals surface area contributed by atoms with Crippen LogP contribution in [0, 0.1) is 5.82 Å². The average molecular weight is 388 g/mol. The number of aromatic amines is 1. The maximum absolute atomic E-state index is 14.3. The molecular formula is C20H25FN4O3. The number of rotatable bonds is 6. The third kappa shape index (κ3) is 3.72. The Labute approximate surface area is 162 Å². The number of nitrogens with two attached hydrogens (primary N) is 1. The maximum atomic E-state index is 14.3. The number of unbranched alkanes of at least 4 members (excludes halogenated alkanes) is 1. The number of carbonyl (C=O) groups excluding carboxylic acids is 1. The van der Waals surface area contributed by atoms with Gasteiger partial charge in [0.2, 0.25) is 0 Å². The number of nitrogens with one attached hydrogen (secondary N) is 1. The first kappa shape index (κ1) is 19.9. The molecule has 0 saturated heterocycles. The summed E-state index contributed by atoms with van der Waals surface area (Å²) >= 11 is 0. The van der Waals surface area contributed by atoms with Crippen LogP contribution in [0.3, 0.4) is 0 Å². The van der Waals surface area contributed by atoms with Gasteiger partial charge in [-0.25, -0.2) is 9.18 Å². The number of nitrogens with zero attached hydrogens (tertiary/aromatic N) is 2. The summed E-state index contributed by atoms with van der Waals surface area (Å²) in [7, 11) is 0. The number of hydrogen-bond donors (Lipinski definition) is 2. The molecule has 8 heteroatoms. The van der Waals surface area contributed by atoms with Gasteiger partial charge in [-0.1, -0.05) is 38.3 Å². The molecule has 1 amide bonds. The summed E-state index contributed by atoms with van der Waals surface area (Å²) in [6.45, 7) is 2.30. The lowest BCUT2D eigenvalue weighted by atomic mass is 10.1. The highest BCUT2D eigenvalue weighted by atomic mass is 19.1. The van der Waals surface area contributed by atoms with E-state index in [-0.39, 0.29) is 23.1 Å². The number of halogens is 1. The molecule has 0 radical (unpaired) electrons. The lowest BCUT2D eigenvalue weighted by Gasteiger charge is -2.30. The minimum atomic E-state index is -0.730. The summed E-state index contributed by atoms with van der Waals surface area (Å²) in [6, 6.07) is 5.39. The lowest BCUT2D eigenvalue weighted by Crippen LogP contribution is -2.45. The first-order valence-electron chi connectivity index (χ1n) is 9.66. The lowest BCUT2D eigenvalue weighted by molar-refractivity contribution is 0.0972. The fraction of sp³-hybridized carbons (Fsp3) is 0.450. The number of benzene rings is 1. The second-order valence-electron chi connectivity index (χ2n) is 7.09. The number of aromatic nitrogens is 2. The van der Waals surface area contributed by atoms with Gasteiger partial charge in [-0.3, -0.25) is 24.0 Å². The second kappa shape index (κ2) is 8.41.